The molecule has 0 radical (unpaired) electrons. The third-order valence-corrected chi connectivity index (χ3v) is 2.47. The monoisotopic (exact) mass is 235 g/mol. The van der Waals surface area contributed by atoms with Crippen LogP contribution in [0.1, 0.15) is 29.8 Å². The molecule has 0 aliphatic heterocycles. The third-order valence-electron chi connectivity index (χ3n) is 2.23. The van der Waals surface area contributed by atoms with Crippen molar-refractivity contribution in [3.63, 3.8) is 0 Å². The standard InChI is InChI=1S/C13H14ClNO/c1-5-13(3,4)15-12(16)11-8-10(14)7-6-9(11)2/h1,6-8H,2-4H3,(H,15,16). The highest BCUT2D eigenvalue weighted by Gasteiger charge is 2.19. The zero-order valence-electron chi connectivity index (χ0n) is 9.60. The molecule has 0 saturated heterocycles. The first-order valence-electron chi connectivity index (χ1n) is 4.92. The molecule has 0 aromatic heterocycles. The fraction of sp³-hybridized carbons (Fsp3) is 0.308. The number of carbonyl (C=O) groups is 1. The molecule has 1 aromatic carbocycles. The van der Waals surface area contributed by atoms with Crippen LogP contribution in [-0.2, 0) is 0 Å². The Balaban J connectivity index is 2.98. The van der Waals surface area contributed by atoms with Crippen molar-refractivity contribution >= 4 is 17.5 Å². The molecule has 0 heterocycles. The van der Waals surface area contributed by atoms with E-state index in [0.29, 0.717) is 10.6 Å². The average molecular weight is 236 g/mol. The van der Waals surface area contributed by atoms with Crippen molar-refractivity contribution in [2.24, 2.45) is 0 Å². The number of terminal acetylenes is 1. The molecule has 0 fully saturated rings. The van der Waals surface area contributed by atoms with Gasteiger partial charge < -0.3 is 5.32 Å². The summed E-state index contributed by atoms with van der Waals surface area (Å²) in [4.78, 5) is 11.9. The lowest BCUT2D eigenvalue weighted by Gasteiger charge is -2.20. The van der Waals surface area contributed by atoms with E-state index in [9.17, 15) is 4.79 Å². The normalized spacial score (nSPS) is 10.7. The number of hydrogen-bond donors (Lipinski definition) is 1. The van der Waals surface area contributed by atoms with Crippen LogP contribution in [0.5, 0.6) is 0 Å². The van der Waals surface area contributed by atoms with Gasteiger partial charge in [-0.15, -0.1) is 6.42 Å². The molecule has 0 atom stereocenters. The third kappa shape index (κ3) is 3.01. The minimum Gasteiger partial charge on any atom is -0.336 e. The molecule has 0 bridgehead atoms. The van der Waals surface area contributed by atoms with Gasteiger partial charge in [0.05, 0.1) is 5.54 Å². The molecule has 2 nitrogen and oxygen atoms in total. The highest BCUT2D eigenvalue weighted by molar-refractivity contribution is 6.31. The van der Waals surface area contributed by atoms with Gasteiger partial charge in [-0.05, 0) is 38.5 Å². The second kappa shape index (κ2) is 4.59. The van der Waals surface area contributed by atoms with E-state index in [2.05, 4.69) is 11.2 Å². The van der Waals surface area contributed by atoms with Gasteiger partial charge in [0.15, 0.2) is 0 Å². The van der Waals surface area contributed by atoms with Crippen molar-refractivity contribution in [1.29, 1.82) is 0 Å². The van der Waals surface area contributed by atoms with Crippen LogP contribution in [0.25, 0.3) is 0 Å². The van der Waals surface area contributed by atoms with E-state index in [-0.39, 0.29) is 5.91 Å². The number of rotatable bonds is 2. The Labute approximate surface area is 101 Å². The Morgan fingerprint density at radius 1 is 1.50 bits per heavy atom. The molecule has 1 aromatic rings. The smallest absolute Gasteiger partial charge is 0.252 e. The van der Waals surface area contributed by atoms with Gasteiger partial charge in [-0.2, -0.15) is 0 Å². The summed E-state index contributed by atoms with van der Waals surface area (Å²) < 4.78 is 0. The molecular formula is C13H14ClNO. The number of amides is 1. The van der Waals surface area contributed by atoms with Crippen LogP contribution in [0, 0.1) is 19.3 Å². The summed E-state index contributed by atoms with van der Waals surface area (Å²) in [6, 6.07) is 5.19. The molecule has 1 N–H and O–H groups in total. The van der Waals surface area contributed by atoms with Gasteiger partial charge in [0.2, 0.25) is 0 Å². The minimum absolute atomic E-state index is 0.206. The zero-order valence-corrected chi connectivity index (χ0v) is 10.4. The van der Waals surface area contributed by atoms with Crippen LogP contribution in [0.15, 0.2) is 18.2 Å². The summed E-state index contributed by atoms with van der Waals surface area (Å²) in [5.74, 6) is 2.31. The van der Waals surface area contributed by atoms with E-state index in [0.717, 1.165) is 5.56 Å². The van der Waals surface area contributed by atoms with Crippen LogP contribution in [0.4, 0.5) is 0 Å². The molecule has 0 spiro atoms. The molecule has 1 rings (SSSR count). The number of halogens is 1. The highest BCUT2D eigenvalue weighted by atomic mass is 35.5. The van der Waals surface area contributed by atoms with Gasteiger partial charge in [-0.1, -0.05) is 23.6 Å². The lowest BCUT2D eigenvalue weighted by atomic mass is 10.0. The Morgan fingerprint density at radius 2 is 2.12 bits per heavy atom. The van der Waals surface area contributed by atoms with Crippen molar-refractivity contribution in [1.82, 2.24) is 5.32 Å². The van der Waals surface area contributed by atoms with Gasteiger partial charge in [-0.25, -0.2) is 0 Å². The maximum Gasteiger partial charge on any atom is 0.252 e. The summed E-state index contributed by atoms with van der Waals surface area (Å²) in [6.45, 7) is 5.39. The van der Waals surface area contributed by atoms with Crippen molar-refractivity contribution < 1.29 is 4.79 Å². The van der Waals surface area contributed by atoms with Crippen LogP contribution < -0.4 is 5.32 Å². The summed E-state index contributed by atoms with van der Waals surface area (Å²) in [5.41, 5.74) is 0.761. The fourth-order valence-corrected chi connectivity index (χ4v) is 1.40. The first-order valence-corrected chi connectivity index (χ1v) is 5.30. The molecule has 0 unspecified atom stereocenters. The van der Waals surface area contributed by atoms with Crippen molar-refractivity contribution in [3.8, 4) is 12.3 Å². The first-order chi connectivity index (χ1) is 7.35. The summed E-state index contributed by atoms with van der Waals surface area (Å²) >= 11 is 5.85. The number of carbonyl (C=O) groups excluding carboxylic acids is 1. The van der Waals surface area contributed by atoms with E-state index < -0.39 is 5.54 Å². The molecule has 0 saturated carbocycles. The fourth-order valence-electron chi connectivity index (χ4n) is 1.23. The van der Waals surface area contributed by atoms with Crippen LogP contribution >= 0.6 is 11.6 Å². The average Bonchev–Trinajstić information content (AvgIpc) is 2.21. The van der Waals surface area contributed by atoms with Gasteiger partial charge in [-0.3, -0.25) is 4.79 Å². The summed E-state index contributed by atoms with van der Waals surface area (Å²) in [7, 11) is 0. The topological polar surface area (TPSA) is 29.1 Å². The van der Waals surface area contributed by atoms with E-state index in [1.807, 2.05) is 6.92 Å². The van der Waals surface area contributed by atoms with Crippen LogP contribution in [0.3, 0.4) is 0 Å². The molecule has 0 aliphatic rings. The first kappa shape index (κ1) is 12.6. The predicted octanol–water partition coefficient (Wildman–Crippen LogP) is 2.79. The summed E-state index contributed by atoms with van der Waals surface area (Å²) in [6.07, 6.45) is 5.31. The largest absolute Gasteiger partial charge is 0.336 e. The number of aryl methyl sites for hydroxylation is 1. The maximum absolute atomic E-state index is 11.9. The zero-order chi connectivity index (χ0) is 12.3. The minimum atomic E-state index is -0.661. The van der Waals surface area contributed by atoms with E-state index in [1.165, 1.54) is 0 Å². The van der Waals surface area contributed by atoms with Gasteiger partial charge in [0.1, 0.15) is 0 Å². The Hall–Kier alpha value is -1.46. The molecule has 84 valence electrons. The van der Waals surface area contributed by atoms with Crippen LogP contribution in [-0.4, -0.2) is 11.4 Å². The van der Waals surface area contributed by atoms with Crippen molar-refractivity contribution in [2.75, 3.05) is 0 Å². The number of benzene rings is 1. The molecular weight excluding hydrogens is 222 g/mol. The van der Waals surface area contributed by atoms with Gasteiger partial charge >= 0.3 is 0 Å². The van der Waals surface area contributed by atoms with E-state index in [4.69, 9.17) is 18.0 Å². The van der Waals surface area contributed by atoms with Gasteiger partial charge in [0.25, 0.3) is 5.91 Å². The van der Waals surface area contributed by atoms with Crippen LogP contribution in [0.2, 0.25) is 5.02 Å². The van der Waals surface area contributed by atoms with E-state index in [1.54, 1.807) is 32.0 Å². The number of hydrogen-bond acceptors (Lipinski definition) is 1. The SMILES string of the molecule is C#CC(C)(C)NC(=O)c1cc(Cl)ccc1C. The second-order valence-electron chi connectivity index (χ2n) is 4.18. The maximum atomic E-state index is 11.9. The predicted molar refractivity (Wildman–Crippen MR) is 66.6 cm³/mol. The second-order valence-corrected chi connectivity index (χ2v) is 4.62. The Kier molecular flexibility index (Phi) is 3.62. The lowest BCUT2D eigenvalue weighted by molar-refractivity contribution is 0.0929. The van der Waals surface area contributed by atoms with E-state index >= 15 is 0 Å². The number of nitrogens with one attached hydrogen (secondary N) is 1. The highest BCUT2D eigenvalue weighted by Crippen LogP contribution is 2.16. The summed E-state index contributed by atoms with van der Waals surface area (Å²) in [5, 5.41) is 3.29. The molecule has 0 aliphatic carbocycles. The van der Waals surface area contributed by atoms with Crippen molar-refractivity contribution in [3.05, 3.63) is 34.3 Å². The lowest BCUT2D eigenvalue weighted by Crippen LogP contribution is -2.42. The molecule has 3 heteroatoms. The van der Waals surface area contributed by atoms with Crippen molar-refractivity contribution in [2.45, 2.75) is 26.3 Å². The molecule has 1 amide bonds. The Morgan fingerprint density at radius 3 is 2.69 bits per heavy atom. The molecule has 16 heavy (non-hydrogen) atoms. The quantitative estimate of drug-likeness (QED) is 0.785. The van der Waals surface area contributed by atoms with Gasteiger partial charge in [0, 0.05) is 10.6 Å². The Bertz CT molecular complexity index is 457.